The van der Waals surface area contributed by atoms with Crippen LogP contribution >= 0.6 is 0 Å². The van der Waals surface area contributed by atoms with Gasteiger partial charge in [0.25, 0.3) is 0 Å². The van der Waals surface area contributed by atoms with E-state index in [-0.39, 0.29) is 37.9 Å². The van der Waals surface area contributed by atoms with Crippen LogP contribution < -0.4 is 10.1 Å². The number of H-pyrrole nitrogens is 1. The average Bonchev–Trinajstić information content (AvgIpc) is 3.29. The molecule has 4 rings (SSSR count). The number of carboxylic acid groups (broad SMARTS) is 1. The molecule has 0 bridgehead atoms. The number of fused-ring (bicyclic) bond motifs is 1. The molecule has 0 amide bonds. The Balaban J connectivity index is 0.00000400. The first-order valence-corrected chi connectivity index (χ1v) is 12.7. The summed E-state index contributed by atoms with van der Waals surface area (Å²) in [7, 11) is -2.68. The van der Waals surface area contributed by atoms with Gasteiger partial charge in [0.2, 0.25) is 0 Å². The minimum atomic E-state index is -2.68. The largest absolute Gasteiger partial charge is 0.487 e. The number of aromatic carboxylic acids is 1. The fraction of sp³-hybridized carbons (Fsp3) is 0.250. The summed E-state index contributed by atoms with van der Waals surface area (Å²) in [4.78, 5) is 14.5. The van der Waals surface area contributed by atoms with Gasteiger partial charge in [-0.2, -0.15) is 8.42 Å². The standard InChI is InChI=1S/C27H27N3O6S.CH4/c1-17(12-20-14-29-26-21(20)8-5-9-22(26)27(32)33)28-15-24(31)19-10-11-25(23(13-19)30-37(34)35)36-16-18-6-3-2-4-7-18;/h2-11,13-14,17,24,28-29,31H,12,15-16H2,1H3,(H,32,33);1H4/t17-,24+;/m1./s1. The summed E-state index contributed by atoms with van der Waals surface area (Å²) in [5.74, 6) is -0.693. The van der Waals surface area contributed by atoms with Gasteiger partial charge < -0.3 is 25.3 Å². The van der Waals surface area contributed by atoms with Gasteiger partial charge in [0.05, 0.1) is 17.2 Å². The minimum absolute atomic E-state index is 0. The predicted molar refractivity (Wildman–Crippen MR) is 146 cm³/mol. The second kappa shape index (κ2) is 13.0. The number of aliphatic hydroxyl groups is 1. The van der Waals surface area contributed by atoms with Crippen LogP contribution in [0.15, 0.2) is 77.3 Å². The Hall–Kier alpha value is -3.99. The molecule has 1 aromatic heterocycles. The van der Waals surface area contributed by atoms with E-state index in [2.05, 4.69) is 14.7 Å². The van der Waals surface area contributed by atoms with Crippen LogP contribution in [0.2, 0.25) is 0 Å². The molecule has 2 atom stereocenters. The van der Waals surface area contributed by atoms with Gasteiger partial charge in [-0.1, -0.05) is 56.0 Å². The van der Waals surface area contributed by atoms with Crippen molar-refractivity contribution in [3.05, 3.63) is 95.2 Å². The summed E-state index contributed by atoms with van der Waals surface area (Å²) < 4.78 is 31.9. The molecule has 0 saturated carbocycles. The number of aromatic nitrogens is 1. The number of hydrogen-bond acceptors (Lipinski definition) is 7. The Labute approximate surface area is 222 Å². The highest BCUT2D eigenvalue weighted by Crippen LogP contribution is 2.31. The summed E-state index contributed by atoms with van der Waals surface area (Å²) in [5, 5.41) is 24.3. The van der Waals surface area contributed by atoms with Gasteiger partial charge >= 0.3 is 16.5 Å². The number of nitrogens with one attached hydrogen (secondary N) is 2. The SMILES string of the molecule is C.C[C@H](Cc1c[nH]c2c(C(=O)O)cccc12)NC[C@H](O)c1ccc(OCc2ccccc2)c(N=S(=O)=O)c1. The summed E-state index contributed by atoms with van der Waals surface area (Å²) in [6.07, 6.45) is 1.50. The fourth-order valence-electron chi connectivity index (χ4n) is 4.14. The highest BCUT2D eigenvalue weighted by Gasteiger charge is 2.16. The number of nitrogens with zero attached hydrogens (tertiary/aromatic N) is 1. The third-order valence-electron chi connectivity index (χ3n) is 6.00. The Morgan fingerprint density at radius 1 is 1.11 bits per heavy atom. The van der Waals surface area contributed by atoms with E-state index in [0.29, 0.717) is 23.3 Å². The van der Waals surface area contributed by atoms with E-state index in [1.54, 1.807) is 30.5 Å². The molecule has 0 fully saturated rings. The van der Waals surface area contributed by atoms with Crippen LogP contribution in [0, 0.1) is 0 Å². The molecule has 38 heavy (non-hydrogen) atoms. The van der Waals surface area contributed by atoms with Crippen LogP contribution in [0.1, 0.15) is 47.5 Å². The maximum Gasteiger partial charge on any atom is 0.337 e. The lowest BCUT2D eigenvalue weighted by molar-refractivity contribution is 0.0698. The van der Waals surface area contributed by atoms with E-state index in [0.717, 1.165) is 16.5 Å². The minimum Gasteiger partial charge on any atom is -0.487 e. The zero-order valence-corrected chi connectivity index (χ0v) is 20.9. The van der Waals surface area contributed by atoms with E-state index in [1.807, 2.05) is 43.3 Å². The van der Waals surface area contributed by atoms with Gasteiger partial charge in [0.1, 0.15) is 18.0 Å². The third-order valence-corrected chi connectivity index (χ3v) is 6.34. The summed E-state index contributed by atoms with van der Waals surface area (Å²) in [6.45, 7) is 2.43. The van der Waals surface area contributed by atoms with Crippen LogP contribution in [-0.4, -0.2) is 42.2 Å². The van der Waals surface area contributed by atoms with Crippen molar-refractivity contribution in [3.63, 3.8) is 0 Å². The van der Waals surface area contributed by atoms with Gasteiger partial charge in [0.15, 0.2) is 0 Å². The van der Waals surface area contributed by atoms with Crippen molar-refractivity contribution in [3.8, 4) is 5.75 Å². The molecule has 200 valence electrons. The van der Waals surface area contributed by atoms with E-state index in [1.165, 1.54) is 6.07 Å². The number of para-hydroxylation sites is 1. The van der Waals surface area contributed by atoms with Crippen LogP contribution in [0.5, 0.6) is 5.75 Å². The van der Waals surface area contributed by atoms with Crippen molar-refractivity contribution in [2.45, 2.75) is 39.5 Å². The molecule has 0 aliphatic rings. The number of hydrogen-bond donors (Lipinski definition) is 4. The molecule has 0 saturated heterocycles. The number of benzene rings is 3. The molecule has 0 spiro atoms. The lowest BCUT2D eigenvalue weighted by Gasteiger charge is -2.18. The van der Waals surface area contributed by atoms with Crippen molar-refractivity contribution in [2.75, 3.05) is 6.54 Å². The Kier molecular flexibility index (Phi) is 9.78. The van der Waals surface area contributed by atoms with E-state index >= 15 is 0 Å². The number of aliphatic hydroxyl groups excluding tert-OH is 1. The predicted octanol–water partition coefficient (Wildman–Crippen LogP) is 5.03. The lowest BCUT2D eigenvalue weighted by Crippen LogP contribution is -2.32. The maximum atomic E-state index is 11.5. The van der Waals surface area contributed by atoms with E-state index in [4.69, 9.17) is 4.74 Å². The smallest absolute Gasteiger partial charge is 0.337 e. The van der Waals surface area contributed by atoms with Crippen LogP contribution in [-0.2, 0) is 23.5 Å². The number of carbonyl (C=O) groups is 1. The first-order valence-electron chi connectivity index (χ1n) is 11.7. The molecule has 1 heterocycles. The zero-order valence-electron chi connectivity index (χ0n) is 20.1. The third kappa shape index (κ3) is 7.06. The molecule has 4 aromatic rings. The second-order valence-corrected chi connectivity index (χ2v) is 9.30. The van der Waals surface area contributed by atoms with E-state index < -0.39 is 22.6 Å². The normalized spacial score (nSPS) is 12.4. The summed E-state index contributed by atoms with van der Waals surface area (Å²) in [5.41, 5.74) is 3.30. The summed E-state index contributed by atoms with van der Waals surface area (Å²) >= 11 is 0. The highest BCUT2D eigenvalue weighted by atomic mass is 32.2. The molecule has 9 nitrogen and oxygen atoms in total. The van der Waals surface area contributed by atoms with E-state index in [9.17, 15) is 23.4 Å². The second-order valence-electron chi connectivity index (χ2n) is 8.69. The van der Waals surface area contributed by atoms with Crippen LogP contribution in [0.4, 0.5) is 5.69 Å². The van der Waals surface area contributed by atoms with Gasteiger partial charge in [-0.25, -0.2) is 4.79 Å². The number of aromatic amines is 1. The fourth-order valence-corrected chi connectivity index (χ4v) is 4.45. The van der Waals surface area contributed by atoms with Gasteiger partial charge in [-0.3, -0.25) is 0 Å². The first-order chi connectivity index (χ1) is 17.8. The Morgan fingerprint density at radius 3 is 2.58 bits per heavy atom. The van der Waals surface area contributed by atoms with Crippen molar-refractivity contribution in [1.29, 1.82) is 0 Å². The van der Waals surface area contributed by atoms with Crippen molar-refractivity contribution in [2.24, 2.45) is 4.36 Å². The maximum absolute atomic E-state index is 11.5. The quantitative estimate of drug-likeness (QED) is 0.210. The van der Waals surface area contributed by atoms with Crippen molar-refractivity contribution in [1.82, 2.24) is 10.3 Å². The average molecular weight is 538 g/mol. The number of ether oxygens (including phenoxy) is 1. The monoisotopic (exact) mass is 537 g/mol. The number of carboxylic acids is 1. The zero-order chi connectivity index (χ0) is 26.4. The van der Waals surface area contributed by atoms with Crippen LogP contribution in [0.25, 0.3) is 10.9 Å². The molecule has 0 aliphatic carbocycles. The Morgan fingerprint density at radius 2 is 1.87 bits per heavy atom. The first kappa shape index (κ1) is 28.6. The number of rotatable bonds is 11. The molecule has 0 aliphatic heterocycles. The molecule has 0 radical (unpaired) electrons. The van der Waals surface area contributed by atoms with Crippen LogP contribution in [0.3, 0.4) is 0 Å². The lowest BCUT2D eigenvalue weighted by atomic mass is 10.0. The highest BCUT2D eigenvalue weighted by molar-refractivity contribution is 7.61. The van der Waals surface area contributed by atoms with Gasteiger partial charge in [-0.05, 0) is 48.2 Å². The Bertz CT molecular complexity index is 1520. The topological polar surface area (TPSA) is 141 Å². The van der Waals surface area contributed by atoms with Crippen molar-refractivity contribution >= 4 is 33.1 Å². The molecular weight excluding hydrogens is 506 g/mol. The molecule has 3 aromatic carbocycles. The van der Waals surface area contributed by atoms with Crippen molar-refractivity contribution < 1.29 is 28.2 Å². The molecule has 4 N–H and O–H groups in total. The molecule has 10 heteroatoms. The summed E-state index contributed by atoms with van der Waals surface area (Å²) in [6, 6.07) is 19.4. The van der Waals surface area contributed by atoms with Gasteiger partial charge in [-0.15, -0.1) is 4.36 Å². The molecular formula is C28H31N3O6S. The van der Waals surface area contributed by atoms with Gasteiger partial charge in [0, 0.05) is 24.2 Å². The molecule has 0 unspecified atom stereocenters.